The van der Waals surface area contributed by atoms with Gasteiger partial charge in [0.2, 0.25) is 0 Å². The highest BCUT2D eigenvalue weighted by molar-refractivity contribution is 6.64. The molecule has 0 bridgehead atoms. The lowest BCUT2D eigenvalue weighted by atomic mass is 9.87. The Hall–Kier alpha value is -0.433. The lowest BCUT2D eigenvalue weighted by Gasteiger charge is -2.18. The zero-order chi connectivity index (χ0) is 10.1. The van der Waals surface area contributed by atoms with Crippen LogP contribution in [0.3, 0.4) is 0 Å². The van der Waals surface area contributed by atoms with Crippen molar-refractivity contribution in [2.45, 2.75) is 33.9 Å². The normalized spacial score (nSPS) is 21.6. The van der Waals surface area contributed by atoms with Gasteiger partial charge < -0.3 is 0 Å². The van der Waals surface area contributed by atoms with Crippen LogP contribution in [0.1, 0.15) is 20.8 Å². The molecule has 1 unspecified atom stereocenters. The first-order valence-corrected chi connectivity index (χ1v) is 7.53. The van der Waals surface area contributed by atoms with E-state index in [4.69, 9.17) is 0 Å². The van der Waals surface area contributed by atoms with Gasteiger partial charge in [-0.05, 0) is 19.4 Å². The molecule has 0 N–H and O–H groups in total. The van der Waals surface area contributed by atoms with Crippen molar-refractivity contribution < 1.29 is 0 Å². The summed E-state index contributed by atoms with van der Waals surface area (Å²) in [6.07, 6.45) is 7.00. The second kappa shape index (κ2) is 3.75. The van der Waals surface area contributed by atoms with Crippen LogP contribution in [-0.4, -0.2) is 14.1 Å². The van der Waals surface area contributed by atoms with Crippen LogP contribution in [0.25, 0.3) is 0 Å². The molecule has 13 heavy (non-hydrogen) atoms. The fraction of sp³-hybridized carbons (Fsp3) is 0.583. The van der Waals surface area contributed by atoms with Crippen molar-refractivity contribution in [1.82, 2.24) is 0 Å². The maximum absolute atomic E-state index is 2.49. The lowest BCUT2D eigenvalue weighted by Crippen LogP contribution is -2.07. The van der Waals surface area contributed by atoms with Crippen molar-refractivity contribution >= 4 is 14.1 Å². The molecule has 1 rings (SSSR count). The Kier molecular flexibility index (Phi) is 3.07. The zero-order valence-corrected chi connectivity index (χ0v) is 10.4. The Morgan fingerprint density at radius 3 is 2.31 bits per heavy atom. The third kappa shape index (κ3) is 3.07. The Morgan fingerprint density at radius 1 is 1.31 bits per heavy atom. The first kappa shape index (κ1) is 10.6. The summed E-state index contributed by atoms with van der Waals surface area (Å²) < 4.78 is 0. The summed E-state index contributed by atoms with van der Waals surface area (Å²) in [5.74, 6) is 0.609. The van der Waals surface area contributed by atoms with Gasteiger partial charge in [0, 0.05) is 5.92 Å². The van der Waals surface area contributed by atoms with Crippen LogP contribution in [0.4, 0.5) is 0 Å². The Bertz CT molecular complexity index is 270. The monoisotopic (exact) mass is 192 g/mol. The molecule has 0 radical (unpaired) electrons. The summed E-state index contributed by atoms with van der Waals surface area (Å²) in [6, 6.07) is 0. The maximum Gasteiger partial charge on any atom is 0.00974 e. The van der Waals surface area contributed by atoms with Gasteiger partial charge in [0.05, 0.1) is 0 Å². The third-order valence-corrected chi connectivity index (χ3v) is 3.31. The average molecular weight is 192 g/mol. The predicted octanol–water partition coefficient (Wildman–Crippen LogP) is 3.28. The van der Waals surface area contributed by atoms with E-state index in [9.17, 15) is 0 Å². The van der Waals surface area contributed by atoms with Gasteiger partial charge in [0.25, 0.3) is 0 Å². The molecular weight excluding hydrogens is 172 g/mol. The molecule has 0 aliphatic heterocycles. The standard InChI is InChI=1S/C12H20Si/c1-12(2,3)11-7-6-10(8-11)9-13(4)5/h6-10H,1-5H3. The van der Waals surface area contributed by atoms with Crippen molar-refractivity contribution in [3.8, 4) is 0 Å². The fourth-order valence-corrected chi connectivity index (χ4v) is 2.50. The molecule has 1 heteroatoms. The molecule has 72 valence electrons. The van der Waals surface area contributed by atoms with E-state index in [2.05, 4.69) is 57.8 Å². The second-order valence-electron chi connectivity index (χ2n) is 5.05. The van der Waals surface area contributed by atoms with E-state index in [1.165, 1.54) is 5.57 Å². The minimum atomic E-state index is -0.207. The smallest absolute Gasteiger partial charge is 0.00974 e. The zero-order valence-electron chi connectivity index (χ0n) is 9.39. The molecule has 0 aromatic heterocycles. The summed E-state index contributed by atoms with van der Waals surface area (Å²) in [4.78, 5) is 0. The third-order valence-electron chi connectivity index (χ3n) is 2.26. The first-order chi connectivity index (χ1) is 5.89. The van der Waals surface area contributed by atoms with Crippen LogP contribution in [0.5, 0.6) is 0 Å². The highest BCUT2D eigenvalue weighted by atomic mass is 28.2. The van der Waals surface area contributed by atoms with Crippen molar-refractivity contribution in [1.29, 1.82) is 0 Å². The molecule has 0 aromatic rings. The maximum atomic E-state index is 2.49. The van der Waals surface area contributed by atoms with Crippen molar-refractivity contribution in [2.75, 3.05) is 0 Å². The van der Waals surface area contributed by atoms with Gasteiger partial charge in [-0.15, -0.1) is 0 Å². The molecule has 0 nitrogen and oxygen atoms in total. The Morgan fingerprint density at radius 2 is 1.92 bits per heavy atom. The van der Waals surface area contributed by atoms with E-state index in [1.807, 2.05) is 0 Å². The van der Waals surface area contributed by atoms with Crippen molar-refractivity contribution in [3.05, 3.63) is 23.8 Å². The van der Waals surface area contributed by atoms with E-state index < -0.39 is 0 Å². The van der Waals surface area contributed by atoms with Crippen LogP contribution in [0, 0.1) is 11.3 Å². The van der Waals surface area contributed by atoms with E-state index in [1.54, 1.807) is 0 Å². The predicted molar refractivity (Wildman–Crippen MR) is 63.7 cm³/mol. The summed E-state index contributed by atoms with van der Waals surface area (Å²) in [5, 5.41) is 0. The average Bonchev–Trinajstić information content (AvgIpc) is 2.32. The van der Waals surface area contributed by atoms with E-state index in [-0.39, 0.29) is 8.41 Å². The summed E-state index contributed by atoms with van der Waals surface area (Å²) in [6.45, 7) is 11.5. The largest absolute Gasteiger partial charge is 0.0935 e. The van der Waals surface area contributed by atoms with Crippen LogP contribution in [0.2, 0.25) is 13.1 Å². The molecule has 1 aliphatic carbocycles. The molecule has 0 amide bonds. The fourth-order valence-electron chi connectivity index (χ4n) is 1.52. The van der Waals surface area contributed by atoms with Gasteiger partial charge in [-0.2, -0.15) is 0 Å². The van der Waals surface area contributed by atoms with Gasteiger partial charge in [-0.1, -0.05) is 57.8 Å². The van der Waals surface area contributed by atoms with Crippen LogP contribution in [0.15, 0.2) is 23.8 Å². The molecule has 1 aliphatic rings. The topological polar surface area (TPSA) is 0 Å². The summed E-state index contributed by atoms with van der Waals surface area (Å²) in [7, 11) is -0.207. The summed E-state index contributed by atoms with van der Waals surface area (Å²) >= 11 is 0. The molecular formula is C12H20Si. The highest BCUT2D eigenvalue weighted by Gasteiger charge is 2.18. The van der Waals surface area contributed by atoms with Gasteiger partial charge >= 0.3 is 0 Å². The van der Waals surface area contributed by atoms with Crippen LogP contribution < -0.4 is 0 Å². The summed E-state index contributed by atoms with van der Waals surface area (Å²) in [5.41, 5.74) is 4.28. The number of rotatable bonds is 1. The Labute approximate surface area is 83.6 Å². The van der Waals surface area contributed by atoms with Crippen molar-refractivity contribution in [3.63, 3.8) is 0 Å². The molecule has 0 spiro atoms. The first-order valence-electron chi connectivity index (χ1n) is 4.95. The minimum Gasteiger partial charge on any atom is -0.0935 e. The van der Waals surface area contributed by atoms with Gasteiger partial charge in [0.1, 0.15) is 0 Å². The SMILES string of the molecule is C[Si](C)=CC1C=CC(C(C)(C)C)=C1. The molecule has 0 heterocycles. The van der Waals surface area contributed by atoms with E-state index >= 15 is 0 Å². The number of hydrogen-bond acceptors (Lipinski definition) is 0. The van der Waals surface area contributed by atoms with Gasteiger partial charge in [-0.3, -0.25) is 0 Å². The molecule has 1 atom stereocenters. The van der Waals surface area contributed by atoms with Gasteiger partial charge in [-0.25, -0.2) is 0 Å². The van der Waals surface area contributed by atoms with Gasteiger partial charge in [0.15, 0.2) is 0 Å². The Balaban J connectivity index is 2.77. The lowest BCUT2D eigenvalue weighted by molar-refractivity contribution is 0.517. The van der Waals surface area contributed by atoms with E-state index in [0.29, 0.717) is 11.3 Å². The molecule has 0 fully saturated rings. The number of allylic oxidation sites excluding steroid dienone is 4. The quantitative estimate of drug-likeness (QED) is 0.559. The van der Waals surface area contributed by atoms with Crippen LogP contribution in [-0.2, 0) is 0 Å². The second-order valence-corrected chi connectivity index (χ2v) is 7.54. The van der Waals surface area contributed by atoms with Crippen molar-refractivity contribution in [2.24, 2.45) is 11.3 Å². The molecule has 0 saturated carbocycles. The van der Waals surface area contributed by atoms with E-state index in [0.717, 1.165) is 0 Å². The highest BCUT2D eigenvalue weighted by Crippen LogP contribution is 2.31. The van der Waals surface area contributed by atoms with Crippen LogP contribution >= 0.6 is 0 Å². The number of hydrogen-bond donors (Lipinski definition) is 0. The molecule has 0 aromatic carbocycles. The molecule has 0 saturated heterocycles. The minimum absolute atomic E-state index is 0.207.